The van der Waals surface area contributed by atoms with E-state index in [0.29, 0.717) is 27.2 Å². The van der Waals surface area contributed by atoms with Gasteiger partial charge in [-0.1, -0.05) is 22.9 Å². The molecule has 3 aromatic rings. The standard InChI is InChI=1S/C19H18ClN3O2S/c1-3-25-14-7-4-12(5-8-14)16(24)17-18(21)23-19(26-17)22-15-9-6-13(20)10-11(15)2/h4-10H,3,21H2,1-2H3,(H,22,23). The number of carbonyl (C=O) groups excluding carboxylic acids is 1. The molecule has 0 aliphatic heterocycles. The van der Waals surface area contributed by atoms with Gasteiger partial charge in [0.25, 0.3) is 0 Å². The van der Waals surface area contributed by atoms with Crippen LogP contribution in [-0.4, -0.2) is 17.4 Å². The van der Waals surface area contributed by atoms with Crippen molar-refractivity contribution >= 4 is 45.4 Å². The van der Waals surface area contributed by atoms with E-state index in [9.17, 15) is 4.79 Å². The minimum Gasteiger partial charge on any atom is -0.494 e. The van der Waals surface area contributed by atoms with Crippen molar-refractivity contribution in [2.45, 2.75) is 13.8 Å². The number of nitrogen functional groups attached to an aromatic ring is 1. The lowest BCUT2D eigenvalue weighted by Crippen LogP contribution is -2.02. The van der Waals surface area contributed by atoms with Crippen LogP contribution in [0, 0.1) is 6.92 Å². The highest BCUT2D eigenvalue weighted by molar-refractivity contribution is 7.18. The quantitative estimate of drug-likeness (QED) is 0.578. The van der Waals surface area contributed by atoms with Crippen LogP contribution in [0.15, 0.2) is 42.5 Å². The average Bonchev–Trinajstić information content (AvgIpc) is 2.98. The lowest BCUT2D eigenvalue weighted by atomic mass is 10.1. The molecule has 0 saturated carbocycles. The molecule has 0 bridgehead atoms. The second-order valence-corrected chi connectivity index (χ2v) is 7.04. The molecule has 0 unspecified atom stereocenters. The molecule has 26 heavy (non-hydrogen) atoms. The Bertz CT molecular complexity index is 938. The molecular weight excluding hydrogens is 370 g/mol. The van der Waals surface area contributed by atoms with Gasteiger partial charge in [0.2, 0.25) is 5.78 Å². The minimum atomic E-state index is -0.163. The zero-order chi connectivity index (χ0) is 18.7. The number of aryl methyl sites for hydroxylation is 1. The van der Waals surface area contributed by atoms with Crippen molar-refractivity contribution in [2.24, 2.45) is 0 Å². The van der Waals surface area contributed by atoms with Crippen LogP contribution in [0.4, 0.5) is 16.6 Å². The monoisotopic (exact) mass is 387 g/mol. The number of halogens is 1. The fourth-order valence-electron chi connectivity index (χ4n) is 2.43. The van der Waals surface area contributed by atoms with Crippen LogP contribution in [0.3, 0.4) is 0 Å². The number of carbonyl (C=O) groups is 1. The summed E-state index contributed by atoms with van der Waals surface area (Å²) >= 11 is 7.20. The Balaban J connectivity index is 1.81. The summed E-state index contributed by atoms with van der Waals surface area (Å²) in [6.07, 6.45) is 0. The smallest absolute Gasteiger partial charge is 0.206 e. The predicted octanol–water partition coefficient (Wildman–Crippen LogP) is 5.06. The molecule has 0 fully saturated rings. The first-order valence-corrected chi connectivity index (χ1v) is 9.24. The van der Waals surface area contributed by atoms with Gasteiger partial charge < -0.3 is 15.8 Å². The van der Waals surface area contributed by atoms with Gasteiger partial charge in [-0.05, 0) is 61.9 Å². The molecule has 134 valence electrons. The van der Waals surface area contributed by atoms with E-state index in [-0.39, 0.29) is 11.6 Å². The van der Waals surface area contributed by atoms with Crippen LogP contribution >= 0.6 is 22.9 Å². The number of thiazole rings is 1. The van der Waals surface area contributed by atoms with Gasteiger partial charge in [0, 0.05) is 16.3 Å². The summed E-state index contributed by atoms with van der Waals surface area (Å²) in [5.41, 5.74) is 8.35. The number of rotatable bonds is 6. The summed E-state index contributed by atoms with van der Waals surface area (Å²) in [4.78, 5) is 17.4. The van der Waals surface area contributed by atoms with E-state index in [4.69, 9.17) is 22.1 Å². The van der Waals surface area contributed by atoms with Crippen LogP contribution in [0.2, 0.25) is 5.02 Å². The second-order valence-electron chi connectivity index (χ2n) is 5.60. The number of aromatic nitrogens is 1. The van der Waals surface area contributed by atoms with Crippen LogP contribution in [0.1, 0.15) is 27.7 Å². The van der Waals surface area contributed by atoms with Gasteiger partial charge >= 0.3 is 0 Å². The summed E-state index contributed by atoms with van der Waals surface area (Å²) in [6.45, 7) is 4.43. The third-order valence-electron chi connectivity index (χ3n) is 3.72. The first-order valence-electron chi connectivity index (χ1n) is 8.05. The van der Waals surface area contributed by atoms with Crippen molar-refractivity contribution in [3.05, 3.63) is 63.5 Å². The van der Waals surface area contributed by atoms with E-state index in [1.54, 1.807) is 30.3 Å². The average molecular weight is 388 g/mol. The molecule has 1 heterocycles. The first-order chi connectivity index (χ1) is 12.5. The molecule has 2 aromatic carbocycles. The molecule has 0 radical (unpaired) electrons. The summed E-state index contributed by atoms with van der Waals surface area (Å²) in [5, 5.41) is 4.41. The molecule has 3 N–H and O–H groups in total. The van der Waals surface area contributed by atoms with Gasteiger partial charge in [-0.25, -0.2) is 4.98 Å². The molecule has 7 heteroatoms. The number of hydrogen-bond donors (Lipinski definition) is 2. The molecular formula is C19H18ClN3O2S. The number of ketones is 1. The van der Waals surface area contributed by atoms with Gasteiger partial charge in [-0.2, -0.15) is 0 Å². The maximum Gasteiger partial charge on any atom is 0.206 e. The highest BCUT2D eigenvalue weighted by Crippen LogP contribution is 2.31. The van der Waals surface area contributed by atoms with Crippen molar-refractivity contribution in [1.29, 1.82) is 0 Å². The number of hydrogen-bond acceptors (Lipinski definition) is 6. The molecule has 0 spiro atoms. The number of nitrogens with two attached hydrogens (primary N) is 1. The molecule has 0 aliphatic rings. The summed E-state index contributed by atoms with van der Waals surface area (Å²) in [7, 11) is 0. The van der Waals surface area contributed by atoms with Gasteiger partial charge in [-0.15, -0.1) is 0 Å². The number of nitrogens with zero attached hydrogens (tertiary/aromatic N) is 1. The Morgan fingerprint density at radius 2 is 2.00 bits per heavy atom. The van der Waals surface area contributed by atoms with E-state index < -0.39 is 0 Å². The van der Waals surface area contributed by atoms with Crippen molar-refractivity contribution in [3.63, 3.8) is 0 Å². The van der Waals surface area contributed by atoms with E-state index in [0.717, 1.165) is 17.0 Å². The summed E-state index contributed by atoms with van der Waals surface area (Å²) in [5.74, 6) is 0.772. The molecule has 0 saturated heterocycles. The SMILES string of the molecule is CCOc1ccc(C(=O)c2sc(Nc3ccc(Cl)cc3C)nc2N)cc1. The number of ether oxygens (including phenoxy) is 1. The fraction of sp³-hybridized carbons (Fsp3) is 0.158. The Morgan fingerprint density at radius 3 is 2.65 bits per heavy atom. The molecule has 5 nitrogen and oxygen atoms in total. The van der Waals surface area contributed by atoms with Crippen molar-refractivity contribution in [2.75, 3.05) is 17.7 Å². The van der Waals surface area contributed by atoms with Gasteiger partial charge in [0.05, 0.1) is 6.61 Å². The van der Waals surface area contributed by atoms with Gasteiger partial charge in [0.1, 0.15) is 16.4 Å². The topological polar surface area (TPSA) is 77.2 Å². The Labute approximate surface area is 160 Å². The maximum atomic E-state index is 12.7. The van der Waals surface area contributed by atoms with E-state index >= 15 is 0 Å². The summed E-state index contributed by atoms with van der Waals surface area (Å²) < 4.78 is 5.39. The molecule has 0 aliphatic carbocycles. The Morgan fingerprint density at radius 1 is 1.27 bits per heavy atom. The highest BCUT2D eigenvalue weighted by Gasteiger charge is 2.18. The second kappa shape index (κ2) is 7.76. The largest absolute Gasteiger partial charge is 0.494 e. The predicted molar refractivity (Wildman–Crippen MR) is 107 cm³/mol. The van der Waals surface area contributed by atoms with Crippen molar-refractivity contribution in [1.82, 2.24) is 4.98 Å². The third kappa shape index (κ3) is 3.98. The van der Waals surface area contributed by atoms with Crippen LogP contribution in [0.5, 0.6) is 5.75 Å². The van der Waals surface area contributed by atoms with E-state index in [1.165, 1.54) is 11.3 Å². The molecule has 3 rings (SSSR count). The number of nitrogens with one attached hydrogen (secondary N) is 1. The Kier molecular flexibility index (Phi) is 5.44. The normalized spacial score (nSPS) is 10.6. The molecule has 1 aromatic heterocycles. The van der Waals surface area contributed by atoms with Gasteiger partial charge in [0.15, 0.2) is 5.13 Å². The van der Waals surface area contributed by atoms with Crippen LogP contribution < -0.4 is 15.8 Å². The van der Waals surface area contributed by atoms with E-state index in [2.05, 4.69) is 10.3 Å². The lowest BCUT2D eigenvalue weighted by Gasteiger charge is -2.06. The van der Waals surface area contributed by atoms with Crippen LogP contribution in [-0.2, 0) is 0 Å². The fourth-order valence-corrected chi connectivity index (χ4v) is 3.52. The third-order valence-corrected chi connectivity index (χ3v) is 4.94. The lowest BCUT2D eigenvalue weighted by molar-refractivity contribution is 0.104. The van der Waals surface area contributed by atoms with E-state index in [1.807, 2.05) is 26.0 Å². The zero-order valence-corrected chi connectivity index (χ0v) is 15.9. The Hall–Kier alpha value is -2.57. The zero-order valence-electron chi connectivity index (χ0n) is 14.4. The molecule has 0 amide bonds. The maximum absolute atomic E-state index is 12.7. The van der Waals surface area contributed by atoms with Crippen molar-refractivity contribution in [3.8, 4) is 5.75 Å². The van der Waals surface area contributed by atoms with Crippen molar-refractivity contribution < 1.29 is 9.53 Å². The molecule has 0 atom stereocenters. The van der Waals surface area contributed by atoms with Crippen LogP contribution in [0.25, 0.3) is 0 Å². The summed E-state index contributed by atoms with van der Waals surface area (Å²) in [6, 6.07) is 12.5. The van der Waals surface area contributed by atoms with Gasteiger partial charge in [-0.3, -0.25) is 4.79 Å². The first kappa shape index (κ1) is 18.2. The highest BCUT2D eigenvalue weighted by atomic mass is 35.5. The number of benzene rings is 2. The minimum absolute atomic E-state index is 0.163. The number of anilines is 3.